The first-order chi connectivity index (χ1) is 13.6. The van der Waals surface area contributed by atoms with Gasteiger partial charge in [0.15, 0.2) is 0 Å². The van der Waals surface area contributed by atoms with Gasteiger partial charge in [0.25, 0.3) is 0 Å². The average molecular weight is 430 g/mol. The van der Waals surface area contributed by atoms with Crippen LogP contribution in [0.5, 0.6) is 0 Å². The number of aryl methyl sites for hydroxylation is 2. The van der Waals surface area contributed by atoms with Crippen molar-refractivity contribution >= 4 is 5.57 Å². The van der Waals surface area contributed by atoms with Crippen molar-refractivity contribution in [3.8, 4) is 0 Å². The van der Waals surface area contributed by atoms with E-state index >= 15 is 0 Å². The molecule has 1 heteroatoms. The Morgan fingerprint density at radius 1 is 0.828 bits per heavy atom. The molecule has 1 aliphatic carbocycles. The normalized spacial score (nSPS) is 13.6. The van der Waals surface area contributed by atoms with Crippen LogP contribution in [0.1, 0.15) is 81.5 Å². The van der Waals surface area contributed by atoms with Crippen LogP contribution in [0.15, 0.2) is 66.3 Å². The minimum atomic E-state index is 0. The van der Waals surface area contributed by atoms with Crippen molar-refractivity contribution in [3.05, 3.63) is 88.5 Å². The summed E-state index contributed by atoms with van der Waals surface area (Å²) in [5, 5.41) is 0. The zero-order chi connectivity index (χ0) is 20.4. The number of rotatable bonds is 5. The zero-order valence-electron chi connectivity index (χ0n) is 18.9. The molecule has 158 valence electrons. The molecule has 29 heavy (non-hydrogen) atoms. The summed E-state index contributed by atoms with van der Waals surface area (Å²) in [6.45, 7) is 10.8. The van der Waals surface area contributed by atoms with E-state index in [-0.39, 0.29) is 17.1 Å². The predicted octanol–water partition coefficient (Wildman–Crippen LogP) is 8.68. The molecule has 2 aromatic carbocycles. The Kier molecular flexibility index (Phi) is 12.0. The molecular weight excluding hydrogens is 392 g/mol. The average Bonchev–Trinajstić information content (AvgIpc) is 3.23. The van der Waals surface area contributed by atoms with E-state index in [9.17, 15) is 0 Å². The summed E-state index contributed by atoms with van der Waals surface area (Å²) in [6, 6.07) is 18.2. The molecule has 0 atom stereocenters. The van der Waals surface area contributed by atoms with Gasteiger partial charge in [-0.3, -0.25) is 0 Å². The molecule has 0 bridgehead atoms. The third-order valence-corrected chi connectivity index (χ3v) is 5.70. The van der Waals surface area contributed by atoms with E-state index in [0.717, 1.165) is 18.8 Å². The summed E-state index contributed by atoms with van der Waals surface area (Å²) < 4.78 is 0. The fourth-order valence-electron chi connectivity index (χ4n) is 4.16. The van der Waals surface area contributed by atoms with Crippen LogP contribution < -0.4 is 0 Å². The maximum Gasteiger partial charge on any atom is 0 e. The fraction of sp³-hybridized carbons (Fsp3) is 0.429. The monoisotopic (exact) mass is 430 g/mol. The van der Waals surface area contributed by atoms with E-state index in [1.54, 1.807) is 5.57 Å². The van der Waals surface area contributed by atoms with Gasteiger partial charge < -0.3 is 0 Å². The van der Waals surface area contributed by atoms with Crippen LogP contribution >= 0.6 is 0 Å². The van der Waals surface area contributed by atoms with Crippen LogP contribution in [0.4, 0.5) is 0 Å². The van der Waals surface area contributed by atoms with Crippen LogP contribution in [-0.2, 0) is 17.1 Å². The Morgan fingerprint density at radius 3 is 1.59 bits per heavy atom. The summed E-state index contributed by atoms with van der Waals surface area (Å²) in [4.78, 5) is 0. The molecule has 0 saturated heterocycles. The van der Waals surface area contributed by atoms with E-state index in [0.29, 0.717) is 0 Å². The molecule has 0 heterocycles. The molecule has 0 aliphatic heterocycles. The first kappa shape index (κ1) is 25.5. The SMILES string of the molecule is CC=CCC.CCC(=C(c1ccc(C)cc1)c1ccc(C)cc1)C1CCCC1.[Fe]. The standard InChI is InChI=1S/C23H28.C5H10.Fe/c1-4-22(19-7-5-6-8-19)23(20-13-9-17(2)10-14-20)21-15-11-18(3)12-16-21;1-3-5-4-2;/h9-16,19H,4-8H2,1-3H3;3,5H,4H2,1-2H3;. The quantitative estimate of drug-likeness (QED) is 0.329. The van der Waals surface area contributed by atoms with E-state index < -0.39 is 0 Å². The summed E-state index contributed by atoms with van der Waals surface area (Å²) in [6.07, 6.45) is 12.0. The predicted molar refractivity (Wildman–Crippen MR) is 126 cm³/mol. The number of hydrogen-bond donors (Lipinski definition) is 0. The van der Waals surface area contributed by atoms with Crippen molar-refractivity contribution < 1.29 is 17.1 Å². The van der Waals surface area contributed by atoms with E-state index in [4.69, 9.17) is 0 Å². The summed E-state index contributed by atoms with van der Waals surface area (Å²) in [5.41, 5.74) is 8.56. The molecule has 2 aromatic rings. The molecule has 3 rings (SSSR count). The van der Waals surface area contributed by atoms with Crippen molar-refractivity contribution in [2.45, 2.75) is 73.1 Å². The Balaban J connectivity index is 0.000000628. The molecule has 0 spiro atoms. The van der Waals surface area contributed by atoms with Gasteiger partial charge in [-0.05, 0) is 69.1 Å². The van der Waals surface area contributed by atoms with Gasteiger partial charge in [-0.15, -0.1) is 0 Å². The third-order valence-electron chi connectivity index (χ3n) is 5.70. The molecule has 0 unspecified atom stereocenters. The smallest absolute Gasteiger partial charge is 0 e. The summed E-state index contributed by atoms with van der Waals surface area (Å²) in [5.74, 6) is 0.776. The van der Waals surface area contributed by atoms with Gasteiger partial charge >= 0.3 is 0 Å². The van der Waals surface area contributed by atoms with Crippen LogP contribution in [-0.4, -0.2) is 0 Å². The second-order valence-corrected chi connectivity index (χ2v) is 7.94. The van der Waals surface area contributed by atoms with Gasteiger partial charge in [-0.25, -0.2) is 0 Å². The van der Waals surface area contributed by atoms with Crippen molar-refractivity contribution in [2.75, 3.05) is 0 Å². The molecule has 0 aromatic heterocycles. The molecule has 0 amide bonds. The van der Waals surface area contributed by atoms with Crippen molar-refractivity contribution in [3.63, 3.8) is 0 Å². The van der Waals surface area contributed by atoms with Crippen molar-refractivity contribution in [1.82, 2.24) is 0 Å². The molecule has 0 N–H and O–H groups in total. The first-order valence-electron chi connectivity index (χ1n) is 11.1. The zero-order valence-corrected chi connectivity index (χ0v) is 20.1. The minimum Gasteiger partial charge on any atom is -0.0917 e. The Morgan fingerprint density at radius 2 is 1.28 bits per heavy atom. The largest absolute Gasteiger partial charge is 0.0917 e. The van der Waals surface area contributed by atoms with Crippen LogP contribution in [0.2, 0.25) is 0 Å². The fourth-order valence-corrected chi connectivity index (χ4v) is 4.16. The second-order valence-electron chi connectivity index (χ2n) is 7.94. The summed E-state index contributed by atoms with van der Waals surface area (Å²) >= 11 is 0. The Bertz CT molecular complexity index is 709. The van der Waals surface area contributed by atoms with Crippen molar-refractivity contribution in [1.29, 1.82) is 0 Å². The second kappa shape index (κ2) is 13.6. The number of benzene rings is 2. The van der Waals surface area contributed by atoms with Crippen LogP contribution in [0.25, 0.3) is 5.57 Å². The van der Waals surface area contributed by atoms with Gasteiger partial charge in [0, 0.05) is 17.1 Å². The maximum absolute atomic E-state index is 2.33. The van der Waals surface area contributed by atoms with Gasteiger partial charge in [-0.2, -0.15) is 0 Å². The molecule has 1 saturated carbocycles. The Hall–Kier alpha value is -1.56. The topological polar surface area (TPSA) is 0 Å². The molecule has 0 nitrogen and oxygen atoms in total. The van der Waals surface area contributed by atoms with E-state index in [1.807, 2.05) is 6.92 Å². The third kappa shape index (κ3) is 7.65. The van der Waals surface area contributed by atoms with Gasteiger partial charge in [0.2, 0.25) is 0 Å². The van der Waals surface area contributed by atoms with Crippen molar-refractivity contribution in [2.24, 2.45) is 5.92 Å². The molecule has 0 radical (unpaired) electrons. The van der Waals surface area contributed by atoms with Crippen LogP contribution in [0, 0.1) is 19.8 Å². The van der Waals surface area contributed by atoms with E-state index in [1.165, 1.54) is 53.5 Å². The van der Waals surface area contributed by atoms with Crippen LogP contribution in [0.3, 0.4) is 0 Å². The van der Waals surface area contributed by atoms with Gasteiger partial charge in [-0.1, -0.05) is 104 Å². The molecular formula is C28H38Fe. The summed E-state index contributed by atoms with van der Waals surface area (Å²) in [7, 11) is 0. The maximum atomic E-state index is 2.33. The number of hydrogen-bond acceptors (Lipinski definition) is 0. The molecule has 1 fully saturated rings. The van der Waals surface area contributed by atoms with E-state index in [2.05, 4.69) is 88.4 Å². The molecule has 1 aliphatic rings. The minimum absolute atomic E-state index is 0. The van der Waals surface area contributed by atoms with Gasteiger partial charge in [0.05, 0.1) is 0 Å². The van der Waals surface area contributed by atoms with Gasteiger partial charge in [0.1, 0.15) is 0 Å². The first-order valence-corrected chi connectivity index (χ1v) is 11.1. The number of allylic oxidation sites excluding steroid dienone is 3. The Labute approximate surface area is 190 Å².